The van der Waals surface area contributed by atoms with E-state index in [0.29, 0.717) is 21.9 Å². The monoisotopic (exact) mass is 438 g/mol. The van der Waals surface area contributed by atoms with Gasteiger partial charge in [0.1, 0.15) is 5.75 Å². The largest absolute Gasteiger partial charge is 0.496 e. The molecule has 29 heavy (non-hydrogen) atoms. The molecule has 6 nitrogen and oxygen atoms in total. The first-order chi connectivity index (χ1) is 13.7. The molecule has 0 aliphatic rings. The molecule has 8 heteroatoms. The molecule has 0 saturated heterocycles. The lowest BCUT2D eigenvalue weighted by atomic mass is 10.1. The molecule has 2 aromatic carbocycles. The van der Waals surface area contributed by atoms with Gasteiger partial charge in [0.25, 0.3) is 5.91 Å². The highest BCUT2D eigenvalue weighted by Crippen LogP contribution is 2.25. The van der Waals surface area contributed by atoms with Crippen LogP contribution in [-0.2, 0) is 16.6 Å². The molecule has 0 aliphatic heterocycles. The van der Waals surface area contributed by atoms with Crippen LogP contribution in [0.1, 0.15) is 42.6 Å². The number of carbonyl (C=O) groups excluding carboxylic acids is 1. The van der Waals surface area contributed by atoms with Gasteiger partial charge in [-0.3, -0.25) is 4.79 Å². The minimum absolute atomic E-state index is 0.0553. The maximum Gasteiger partial charge on any atom is 0.251 e. The number of carbonyl (C=O) groups is 1. The van der Waals surface area contributed by atoms with Crippen LogP contribution in [0.5, 0.6) is 5.75 Å². The van der Waals surface area contributed by atoms with E-state index < -0.39 is 10.0 Å². The summed E-state index contributed by atoms with van der Waals surface area (Å²) >= 11 is 5.85. The van der Waals surface area contributed by atoms with Crippen LogP contribution < -0.4 is 10.1 Å². The van der Waals surface area contributed by atoms with Crippen molar-refractivity contribution in [1.29, 1.82) is 0 Å². The third-order valence-electron chi connectivity index (χ3n) is 4.56. The minimum Gasteiger partial charge on any atom is -0.496 e. The van der Waals surface area contributed by atoms with E-state index in [-0.39, 0.29) is 23.4 Å². The lowest BCUT2D eigenvalue weighted by molar-refractivity contribution is 0.0938. The molecule has 1 amide bonds. The smallest absolute Gasteiger partial charge is 0.251 e. The normalized spacial score (nSPS) is 12.6. The fourth-order valence-corrected chi connectivity index (χ4v) is 4.24. The molecule has 0 heterocycles. The molecule has 0 unspecified atom stereocenters. The molecular formula is C21H27ClN2O4S. The molecule has 0 aromatic heterocycles. The summed E-state index contributed by atoms with van der Waals surface area (Å²) in [6.45, 7) is 4.07. The van der Waals surface area contributed by atoms with Crippen molar-refractivity contribution >= 4 is 27.5 Å². The van der Waals surface area contributed by atoms with Crippen molar-refractivity contribution in [2.75, 3.05) is 14.2 Å². The standard InChI is InChI=1S/C21H27ClN2O4S/c1-5-6-15(2)23-21(25)16-7-12-20(28-4)17(13-16)14-24(3)29(26,27)19-10-8-18(22)9-11-19/h7-13,15H,5-6,14H2,1-4H3,(H,23,25)/t15-/m0/s1. The summed E-state index contributed by atoms with van der Waals surface area (Å²) in [4.78, 5) is 12.7. The zero-order valence-corrected chi connectivity index (χ0v) is 18.7. The highest BCUT2D eigenvalue weighted by Gasteiger charge is 2.23. The van der Waals surface area contributed by atoms with Gasteiger partial charge in [0.15, 0.2) is 0 Å². The van der Waals surface area contributed by atoms with E-state index in [1.54, 1.807) is 18.2 Å². The van der Waals surface area contributed by atoms with Crippen LogP contribution in [0.4, 0.5) is 0 Å². The summed E-state index contributed by atoms with van der Waals surface area (Å²) in [7, 11) is -0.725. The lowest BCUT2D eigenvalue weighted by Gasteiger charge is -2.20. The van der Waals surface area contributed by atoms with E-state index in [4.69, 9.17) is 16.3 Å². The van der Waals surface area contributed by atoms with Crippen molar-refractivity contribution in [3.05, 3.63) is 58.6 Å². The van der Waals surface area contributed by atoms with Crippen LogP contribution in [0.3, 0.4) is 0 Å². The van der Waals surface area contributed by atoms with Crippen molar-refractivity contribution in [3.63, 3.8) is 0 Å². The predicted octanol–water partition coefficient (Wildman–Crippen LogP) is 4.09. The first-order valence-electron chi connectivity index (χ1n) is 9.38. The third-order valence-corrected chi connectivity index (χ3v) is 6.63. The summed E-state index contributed by atoms with van der Waals surface area (Å²) in [6.07, 6.45) is 1.86. The average molecular weight is 439 g/mol. The minimum atomic E-state index is -3.72. The van der Waals surface area contributed by atoms with Gasteiger partial charge in [0, 0.05) is 35.8 Å². The van der Waals surface area contributed by atoms with Crippen LogP contribution in [0.15, 0.2) is 47.4 Å². The van der Waals surface area contributed by atoms with Crippen molar-refractivity contribution in [2.45, 2.75) is 44.2 Å². The van der Waals surface area contributed by atoms with Crippen LogP contribution >= 0.6 is 11.6 Å². The van der Waals surface area contributed by atoms with Gasteiger partial charge >= 0.3 is 0 Å². The quantitative estimate of drug-likeness (QED) is 0.639. The molecule has 2 rings (SSSR count). The number of ether oxygens (including phenoxy) is 1. The molecule has 2 aromatic rings. The molecule has 0 radical (unpaired) electrons. The Balaban J connectivity index is 2.26. The Kier molecular flexibility index (Phi) is 8.07. The summed E-state index contributed by atoms with van der Waals surface area (Å²) in [6, 6.07) is 11.1. The summed E-state index contributed by atoms with van der Waals surface area (Å²) in [5.41, 5.74) is 1.06. The van der Waals surface area contributed by atoms with Gasteiger partial charge in [-0.25, -0.2) is 8.42 Å². The Morgan fingerprint density at radius 2 is 1.86 bits per heavy atom. The SMILES string of the molecule is CCC[C@H](C)NC(=O)c1ccc(OC)c(CN(C)S(=O)(=O)c2ccc(Cl)cc2)c1. The number of amides is 1. The predicted molar refractivity (Wildman–Crippen MR) is 115 cm³/mol. The maximum atomic E-state index is 12.8. The van der Waals surface area contributed by atoms with Gasteiger partial charge in [-0.1, -0.05) is 24.9 Å². The molecule has 0 bridgehead atoms. The molecule has 0 saturated carbocycles. The van der Waals surface area contributed by atoms with Crippen molar-refractivity contribution in [1.82, 2.24) is 9.62 Å². The second-order valence-electron chi connectivity index (χ2n) is 6.90. The van der Waals surface area contributed by atoms with Crippen LogP contribution in [0, 0.1) is 0 Å². The molecule has 158 valence electrons. The van der Waals surface area contributed by atoms with Crippen molar-refractivity contribution in [3.8, 4) is 5.75 Å². The number of rotatable bonds is 9. The number of nitrogens with zero attached hydrogens (tertiary/aromatic N) is 1. The summed E-state index contributed by atoms with van der Waals surface area (Å²) < 4.78 is 32.3. The number of halogens is 1. The maximum absolute atomic E-state index is 12.8. The molecule has 0 spiro atoms. The summed E-state index contributed by atoms with van der Waals surface area (Å²) in [5, 5.41) is 3.41. The van der Waals surface area contributed by atoms with E-state index in [0.717, 1.165) is 12.8 Å². The fourth-order valence-electron chi connectivity index (χ4n) is 2.97. The third kappa shape index (κ3) is 5.95. The molecule has 1 N–H and O–H groups in total. The van der Waals surface area contributed by atoms with Gasteiger partial charge in [0.2, 0.25) is 10.0 Å². The first kappa shape index (κ1) is 23.2. The van der Waals surface area contributed by atoms with Crippen LogP contribution in [0.25, 0.3) is 0 Å². The van der Waals surface area contributed by atoms with Crippen LogP contribution in [-0.4, -0.2) is 38.8 Å². The number of benzene rings is 2. The van der Waals surface area contributed by atoms with E-state index >= 15 is 0 Å². The van der Waals surface area contributed by atoms with E-state index in [1.165, 1.54) is 42.7 Å². The lowest BCUT2D eigenvalue weighted by Crippen LogP contribution is -2.32. The van der Waals surface area contributed by atoms with Gasteiger partial charge < -0.3 is 10.1 Å². The Bertz CT molecular complexity index is 946. The number of hydrogen-bond donors (Lipinski definition) is 1. The second kappa shape index (κ2) is 10.1. The topological polar surface area (TPSA) is 75.7 Å². The van der Waals surface area contributed by atoms with Gasteiger partial charge in [-0.15, -0.1) is 0 Å². The first-order valence-corrected chi connectivity index (χ1v) is 11.2. The van der Waals surface area contributed by atoms with Gasteiger partial charge in [-0.2, -0.15) is 4.31 Å². The number of nitrogens with one attached hydrogen (secondary N) is 1. The Morgan fingerprint density at radius 3 is 2.45 bits per heavy atom. The summed E-state index contributed by atoms with van der Waals surface area (Å²) in [5.74, 6) is 0.319. The van der Waals surface area contributed by atoms with Gasteiger partial charge in [0.05, 0.1) is 12.0 Å². The van der Waals surface area contributed by atoms with E-state index in [9.17, 15) is 13.2 Å². The number of hydrogen-bond acceptors (Lipinski definition) is 4. The van der Waals surface area contributed by atoms with Crippen LogP contribution in [0.2, 0.25) is 5.02 Å². The zero-order chi connectivity index (χ0) is 21.6. The molecule has 0 fully saturated rings. The van der Waals surface area contributed by atoms with Crippen molar-refractivity contribution in [2.24, 2.45) is 0 Å². The fraction of sp³-hybridized carbons (Fsp3) is 0.381. The zero-order valence-electron chi connectivity index (χ0n) is 17.1. The highest BCUT2D eigenvalue weighted by molar-refractivity contribution is 7.89. The number of sulfonamides is 1. The number of methoxy groups -OCH3 is 1. The Hall–Kier alpha value is -2.09. The van der Waals surface area contributed by atoms with E-state index in [1.807, 2.05) is 6.92 Å². The molecule has 1 atom stereocenters. The van der Waals surface area contributed by atoms with Crippen molar-refractivity contribution < 1.29 is 17.9 Å². The highest BCUT2D eigenvalue weighted by atomic mass is 35.5. The van der Waals surface area contributed by atoms with Gasteiger partial charge in [-0.05, 0) is 55.8 Å². The Morgan fingerprint density at radius 1 is 1.21 bits per heavy atom. The Labute approximate surface area is 177 Å². The second-order valence-corrected chi connectivity index (χ2v) is 9.39. The molecular weight excluding hydrogens is 412 g/mol. The molecule has 0 aliphatic carbocycles. The average Bonchev–Trinajstić information content (AvgIpc) is 2.68. The van der Waals surface area contributed by atoms with E-state index in [2.05, 4.69) is 12.2 Å².